The van der Waals surface area contributed by atoms with Crippen molar-refractivity contribution in [3.63, 3.8) is 0 Å². The molecule has 1 heterocycles. The molecule has 0 aliphatic rings. The first-order chi connectivity index (χ1) is 4.74. The molecule has 0 spiro atoms. The lowest BCUT2D eigenvalue weighted by atomic mass is 10.5. The fourth-order valence-corrected chi connectivity index (χ4v) is 2.49. The number of alkyl halides is 1. The van der Waals surface area contributed by atoms with Crippen LogP contribution in [0.15, 0.2) is 15.9 Å². The Morgan fingerprint density at radius 2 is 2.40 bits per heavy atom. The molecule has 1 unspecified atom stereocenters. The summed E-state index contributed by atoms with van der Waals surface area (Å²) in [6, 6.07) is 2.10. The minimum Gasteiger partial charge on any atom is -0.304 e. The van der Waals surface area contributed by atoms with Crippen molar-refractivity contribution in [1.82, 2.24) is 5.32 Å². The maximum absolute atomic E-state index is 3.48. The van der Waals surface area contributed by atoms with Crippen molar-refractivity contribution in [3.8, 4) is 0 Å². The van der Waals surface area contributed by atoms with E-state index in [1.807, 2.05) is 7.05 Å². The predicted octanol–water partition coefficient (Wildman–Crippen LogP) is 3.12. The van der Waals surface area contributed by atoms with Crippen LogP contribution in [0.3, 0.4) is 0 Å². The van der Waals surface area contributed by atoms with Crippen LogP contribution in [-0.2, 0) is 0 Å². The number of hydrogen-bond donors (Lipinski definition) is 1. The summed E-state index contributed by atoms with van der Waals surface area (Å²) in [6.45, 7) is 0. The van der Waals surface area contributed by atoms with Gasteiger partial charge in [0.15, 0.2) is 0 Å². The predicted molar refractivity (Wildman–Crippen MR) is 52.7 cm³/mol. The third-order valence-corrected chi connectivity index (χ3v) is 4.10. The van der Waals surface area contributed by atoms with Gasteiger partial charge in [0.2, 0.25) is 0 Å². The number of thiophene rings is 1. The highest BCUT2D eigenvalue weighted by Gasteiger charge is 2.05. The second-order valence-electron chi connectivity index (χ2n) is 1.82. The molecule has 10 heavy (non-hydrogen) atoms. The van der Waals surface area contributed by atoms with Crippen molar-refractivity contribution in [2.24, 2.45) is 0 Å². The lowest BCUT2D eigenvalue weighted by molar-refractivity contribution is 0.822. The number of rotatable bonds is 2. The Kier molecular flexibility index (Phi) is 3.36. The molecule has 4 heteroatoms. The van der Waals surface area contributed by atoms with E-state index in [4.69, 9.17) is 0 Å². The van der Waals surface area contributed by atoms with Crippen molar-refractivity contribution >= 4 is 43.2 Å². The van der Waals surface area contributed by atoms with Gasteiger partial charge in [-0.25, -0.2) is 0 Å². The zero-order valence-corrected chi connectivity index (χ0v) is 9.38. The largest absolute Gasteiger partial charge is 0.304 e. The molecule has 0 saturated carbocycles. The summed E-state index contributed by atoms with van der Waals surface area (Å²) in [5, 5.41) is 5.17. The van der Waals surface area contributed by atoms with E-state index in [0.29, 0.717) is 0 Å². The molecule has 0 saturated heterocycles. The minimum absolute atomic E-state index is 0.281. The van der Waals surface area contributed by atoms with Crippen molar-refractivity contribution in [2.45, 2.75) is 4.95 Å². The van der Waals surface area contributed by atoms with E-state index in [0.717, 1.165) is 4.47 Å². The molecule has 0 aromatic carbocycles. The van der Waals surface area contributed by atoms with Crippen LogP contribution in [-0.4, -0.2) is 7.05 Å². The average molecular weight is 285 g/mol. The van der Waals surface area contributed by atoms with E-state index in [2.05, 4.69) is 48.6 Å². The molecule has 0 aliphatic heterocycles. The van der Waals surface area contributed by atoms with Gasteiger partial charge >= 0.3 is 0 Å². The summed E-state index contributed by atoms with van der Waals surface area (Å²) in [5.41, 5.74) is 0. The first kappa shape index (κ1) is 8.71. The van der Waals surface area contributed by atoms with Crippen LogP contribution in [0.4, 0.5) is 0 Å². The monoisotopic (exact) mass is 283 g/mol. The second kappa shape index (κ2) is 3.85. The first-order valence-electron chi connectivity index (χ1n) is 2.79. The van der Waals surface area contributed by atoms with Crippen molar-refractivity contribution in [2.75, 3.05) is 7.05 Å². The van der Waals surface area contributed by atoms with E-state index in [-0.39, 0.29) is 4.95 Å². The lowest BCUT2D eigenvalue weighted by Gasteiger charge is -2.02. The van der Waals surface area contributed by atoms with Crippen molar-refractivity contribution in [1.29, 1.82) is 0 Å². The van der Waals surface area contributed by atoms with E-state index < -0.39 is 0 Å². The molecular weight excluding hydrogens is 278 g/mol. The third kappa shape index (κ3) is 2.05. The Balaban J connectivity index is 2.74. The Morgan fingerprint density at radius 3 is 2.80 bits per heavy atom. The van der Waals surface area contributed by atoms with Crippen LogP contribution in [0.1, 0.15) is 9.83 Å². The van der Waals surface area contributed by atoms with Gasteiger partial charge in [0.05, 0.1) is 4.95 Å². The van der Waals surface area contributed by atoms with Gasteiger partial charge in [-0.1, -0.05) is 15.9 Å². The minimum atomic E-state index is 0.281. The topological polar surface area (TPSA) is 12.0 Å². The molecule has 1 atom stereocenters. The Morgan fingerprint density at radius 1 is 1.70 bits per heavy atom. The Bertz CT molecular complexity index is 211. The van der Waals surface area contributed by atoms with Crippen LogP contribution in [0.2, 0.25) is 0 Å². The summed E-state index contributed by atoms with van der Waals surface area (Å²) in [7, 11) is 1.92. The lowest BCUT2D eigenvalue weighted by Crippen LogP contribution is -2.07. The van der Waals surface area contributed by atoms with Gasteiger partial charge in [0, 0.05) is 14.7 Å². The zero-order chi connectivity index (χ0) is 7.56. The number of hydrogen-bond acceptors (Lipinski definition) is 2. The van der Waals surface area contributed by atoms with Gasteiger partial charge in [-0.15, -0.1) is 11.3 Å². The van der Waals surface area contributed by atoms with Gasteiger partial charge in [-0.05, 0) is 29.0 Å². The fourth-order valence-electron chi connectivity index (χ4n) is 0.603. The van der Waals surface area contributed by atoms with Crippen molar-refractivity contribution < 1.29 is 0 Å². The molecule has 0 aliphatic carbocycles. The molecule has 0 fully saturated rings. The Labute approximate surface area is 81.1 Å². The van der Waals surface area contributed by atoms with Crippen LogP contribution in [0, 0.1) is 0 Å². The molecular formula is C6H7Br2NS. The van der Waals surface area contributed by atoms with E-state index in [1.165, 1.54) is 4.88 Å². The highest BCUT2D eigenvalue weighted by Crippen LogP contribution is 2.28. The third-order valence-electron chi connectivity index (χ3n) is 1.09. The smallest absolute Gasteiger partial charge is 0.0977 e. The molecule has 1 N–H and O–H groups in total. The molecule has 0 bridgehead atoms. The second-order valence-corrected chi connectivity index (χ2v) is 4.59. The highest BCUT2D eigenvalue weighted by molar-refractivity contribution is 9.10. The first-order valence-corrected chi connectivity index (χ1v) is 5.38. The summed E-state index contributed by atoms with van der Waals surface area (Å²) in [4.78, 5) is 1.57. The van der Waals surface area contributed by atoms with Crippen LogP contribution in [0.5, 0.6) is 0 Å². The molecule has 1 aromatic rings. The summed E-state index contributed by atoms with van der Waals surface area (Å²) < 4.78 is 1.15. The molecule has 0 amide bonds. The standard InChI is InChI=1S/C6H7Br2NS/c1-9-6(8)5-2-4(7)3-10-5/h2-3,6,9H,1H3. The van der Waals surface area contributed by atoms with Gasteiger partial charge in [0.25, 0.3) is 0 Å². The van der Waals surface area contributed by atoms with E-state index >= 15 is 0 Å². The quantitative estimate of drug-likeness (QED) is 0.650. The van der Waals surface area contributed by atoms with Crippen molar-refractivity contribution in [3.05, 3.63) is 20.8 Å². The normalized spacial score (nSPS) is 13.5. The summed E-state index contributed by atoms with van der Waals surface area (Å²) in [5.74, 6) is 0. The maximum Gasteiger partial charge on any atom is 0.0977 e. The highest BCUT2D eigenvalue weighted by atomic mass is 79.9. The molecule has 0 radical (unpaired) electrons. The SMILES string of the molecule is CNC(Br)c1cc(Br)cs1. The number of nitrogens with one attached hydrogen (secondary N) is 1. The van der Waals surface area contributed by atoms with Crippen LogP contribution in [0.25, 0.3) is 0 Å². The van der Waals surface area contributed by atoms with Gasteiger partial charge in [-0.2, -0.15) is 0 Å². The van der Waals surface area contributed by atoms with E-state index in [9.17, 15) is 0 Å². The molecule has 1 rings (SSSR count). The van der Waals surface area contributed by atoms with Gasteiger partial charge in [0.1, 0.15) is 0 Å². The number of halogens is 2. The molecule has 1 aromatic heterocycles. The zero-order valence-electron chi connectivity index (χ0n) is 5.40. The molecule has 56 valence electrons. The Hall–Kier alpha value is 0.620. The van der Waals surface area contributed by atoms with Crippen LogP contribution >= 0.6 is 43.2 Å². The van der Waals surface area contributed by atoms with E-state index in [1.54, 1.807) is 11.3 Å². The summed E-state index contributed by atoms with van der Waals surface area (Å²) in [6.07, 6.45) is 0. The molecule has 1 nitrogen and oxygen atoms in total. The maximum atomic E-state index is 3.48. The van der Waals surface area contributed by atoms with Crippen LogP contribution < -0.4 is 5.32 Å². The van der Waals surface area contributed by atoms with Gasteiger partial charge < -0.3 is 5.32 Å². The average Bonchev–Trinajstić information content (AvgIpc) is 2.34. The fraction of sp³-hybridized carbons (Fsp3) is 0.333. The van der Waals surface area contributed by atoms with Gasteiger partial charge in [-0.3, -0.25) is 0 Å². The summed E-state index contributed by atoms with van der Waals surface area (Å²) >= 11 is 8.59.